The van der Waals surface area contributed by atoms with E-state index < -0.39 is 0 Å². The van der Waals surface area contributed by atoms with Gasteiger partial charge in [0, 0.05) is 0 Å². The minimum atomic E-state index is 1.10. The Balaban J connectivity index is 1.37. The van der Waals surface area contributed by atoms with Crippen LogP contribution in [0.15, 0.2) is 0 Å². The van der Waals surface area contributed by atoms with E-state index in [2.05, 4.69) is 6.92 Å². The maximum Gasteiger partial charge on any atom is -0.0355 e. The van der Waals surface area contributed by atoms with E-state index in [1.54, 1.807) is 64.2 Å². The Kier molecular flexibility index (Phi) is 6.69. The lowest BCUT2D eigenvalue weighted by molar-refractivity contribution is 0.0101. The Labute approximate surface area is 139 Å². The average molecular weight is 305 g/mol. The zero-order valence-corrected chi connectivity index (χ0v) is 15.2. The second-order valence-electron chi connectivity index (χ2n) is 8.95. The predicted molar refractivity (Wildman–Crippen MR) is 97.0 cm³/mol. The van der Waals surface area contributed by atoms with E-state index in [-0.39, 0.29) is 0 Å². The summed E-state index contributed by atoms with van der Waals surface area (Å²) in [5, 5.41) is 0. The van der Waals surface area contributed by atoms with Gasteiger partial charge in [0.25, 0.3) is 0 Å². The third kappa shape index (κ3) is 4.30. The molecule has 0 heteroatoms. The topological polar surface area (TPSA) is 0 Å². The largest absolute Gasteiger partial charge is 0.0654 e. The maximum atomic E-state index is 2.32. The normalized spacial score (nSPS) is 38.3. The summed E-state index contributed by atoms with van der Waals surface area (Å²) in [7, 11) is 0. The van der Waals surface area contributed by atoms with Gasteiger partial charge in [0.15, 0.2) is 0 Å². The van der Waals surface area contributed by atoms with Crippen LogP contribution in [0.2, 0.25) is 0 Å². The monoisotopic (exact) mass is 304 g/mol. The molecule has 0 aromatic carbocycles. The van der Waals surface area contributed by atoms with Gasteiger partial charge in [0.1, 0.15) is 0 Å². The molecular formula is C22H40. The number of hydrogen-bond acceptors (Lipinski definition) is 0. The molecule has 5 unspecified atom stereocenters. The van der Waals surface area contributed by atoms with Crippen LogP contribution in [-0.2, 0) is 0 Å². The van der Waals surface area contributed by atoms with Gasteiger partial charge in [0.05, 0.1) is 0 Å². The summed E-state index contributed by atoms with van der Waals surface area (Å²) in [5.41, 5.74) is 0. The molecule has 0 aromatic rings. The van der Waals surface area contributed by atoms with E-state index in [4.69, 9.17) is 0 Å². The first-order valence-electron chi connectivity index (χ1n) is 10.9. The van der Waals surface area contributed by atoms with E-state index >= 15 is 0 Å². The third-order valence-corrected chi connectivity index (χ3v) is 7.54. The van der Waals surface area contributed by atoms with Crippen LogP contribution in [0.25, 0.3) is 0 Å². The molecule has 0 radical (unpaired) electrons. The van der Waals surface area contributed by atoms with E-state index in [0.29, 0.717) is 0 Å². The molecule has 22 heavy (non-hydrogen) atoms. The third-order valence-electron chi connectivity index (χ3n) is 7.54. The van der Waals surface area contributed by atoms with Crippen molar-refractivity contribution in [3.63, 3.8) is 0 Å². The molecule has 0 aliphatic heterocycles. The molecule has 128 valence electrons. The van der Waals surface area contributed by atoms with Gasteiger partial charge in [-0.2, -0.15) is 0 Å². The summed E-state index contributed by atoms with van der Waals surface area (Å²) in [6, 6.07) is 0. The van der Waals surface area contributed by atoms with Crippen LogP contribution in [0.1, 0.15) is 110 Å². The molecule has 0 bridgehead atoms. The molecule has 0 aromatic heterocycles. The van der Waals surface area contributed by atoms with Gasteiger partial charge in [0.2, 0.25) is 0 Å². The van der Waals surface area contributed by atoms with Crippen LogP contribution in [0, 0.1) is 29.6 Å². The van der Waals surface area contributed by atoms with Crippen molar-refractivity contribution in [2.45, 2.75) is 110 Å². The Hall–Kier alpha value is 0. The first-order chi connectivity index (χ1) is 10.9. The molecule has 0 heterocycles. The quantitative estimate of drug-likeness (QED) is 0.431. The minimum absolute atomic E-state index is 1.10. The fourth-order valence-corrected chi connectivity index (χ4v) is 6.34. The second kappa shape index (κ2) is 8.74. The molecule has 0 spiro atoms. The summed E-state index contributed by atoms with van der Waals surface area (Å²) >= 11 is 0. The van der Waals surface area contributed by atoms with Gasteiger partial charge in [-0.05, 0) is 61.7 Å². The Bertz CT molecular complexity index is 307. The molecular weight excluding hydrogens is 264 g/mol. The lowest BCUT2D eigenvalue weighted by Gasteiger charge is -2.49. The van der Waals surface area contributed by atoms with Gasteiger partial charge in [-0.15, -0.1) is 0 Å². The van der Waals surface area contributed by atoms with Crippen molar-refractivity contribution in [3.05, 3.63) is 0 Å². The van der Waals surface area contributed by atoms with Crippen LogP contribution in [0.3, 0.4) is 0 Å². The molecule has 0 saturated heterocycles. The zero-order chi connectivity index (χ0) is 15.2. The van der Waals surface area contributed by atoms with Crippen LogP contribution < -0.4 is 0 Å². The fourth-order valence-electron chi connectivity index (χ4n) is 6.34. The number of hydrogen-bond donors (Lipinski definition) is 0. The first-order valence-corrected chi connectivity index (χ1v) is 10.9. The van der Waals surface area contributed by atoms with Gasteiger partial charge in [-0.3, -0.25) is 0 Å². The molecule has 5 atom stereocenters. The lowest BCUT2D eigenvalue weighted by Crippen LogP contribution is -2.40. The smallest absolute Gasteiger partial charge is 0.0355 e. The van der Waals surface area contributed by atoms with Crippen molar-refractivity contribution < 1.29 is 0 Å². The standard InChI is InChI=1S/C22H40/c1-2-3-4-5-6-7-10-18-13-16-22-20(17-18)15-14-19-11-8-9-12-21(19)22/h18-22H,2-17H2,1H3. The molecule has 3 saturated carbocycles. The highest BCUT2D eigenvalue weighted by Gasteiger charge is 2.42. The predicted octanol–water partition coefficient (Wildman–Crippen LogP) is 7.37. The molecule has 0 amide bonds. The molecule has 0 nitrogen and oxygen atoms in total. The highest BCUT2D eigenvalue weighted by Crippen LogP contribution is 2.52. The van der Waals surface area contributed by atoms with Crippen molar-refractivity contribution in [1.82, 2.24) is 0 Å². The van der Waals surface area contributed by atoms with Crippen LogP contribution >= 0.6 is 0 Å². The van der Waals surface area contributed by atoms with E-state index in [0.717, 1.165) is 29.6 Å². The number of fused-ring (bicyclic) bond motifs is 3. The van der Waals surface area contributed by atoms with Crippen molar-refractivity contribution in [1.29, 1.82) is 0 Å². The molecule has 3 rings (SSSR count). The van der Waals surface area contributed by atoms with Crippen molar-refractivity contribution in [2.75, 3.05) is 0 Å². The van der Waals surface area contributed by atoms with Gasteiger partial charge in [-0.1, -0.05) is 77.6 Å². The second-order valence-corrected chi connectivity index (χ2v) is 8.95. The highest BCUT2D eigenvalue weighted by molar-refractivity contribution is 4.92. The van der Waals surface area contributed by atoms with Crippen LogP contribution in [0.5, 0.6) is 0 Å². The maximum absolute atomic E-state index is 2.32. The lowest BCUT2D eigenvalue weighted by atomic mass is 9.56. The number of unbranched alkanes of at least 4 members (excludes halogenated alkanes) is 5. The summed E-state index contributed by atoms with van der Waals surface area (Å²) in [4.78, 5) is 0. The SMILES string of the molecule is CCCCCCCCC1CCC2C(CCC3CCCCC32)C1. The van der Waals surface area contributed by atoms with Crippen molar-refractivity contribution in [2.24, 2.45) is 29.6 Å². The van der Waals surface area contributed by atoms with Crippen molar-refractivity contribution >= 4 is 0 Å². The van der Waals surface area contributed by atoms with Gasteiger partial charge < -0.3 is 0 Å². The summed E-state index contributed by atoms with van der Waals surface area (Å²) in [6.07, 6.45) is 24.7. The van der Waals surface area contributed by atoms with Crippen LogP contribution in [0.4, 0.5) is 0 Å². The summed E-state index contributed by atoms with van der Waals surface area (Å²) in [5.74, 6) is 5.69. The summed E-state index contributed by atoms with van der Waals surface area (Å²) in [6.45, 7) is 2.32. The van der Waals surface area contributed by atoms with Gasteiger partial charge >= 0.3 is 0 Å². The molecule has 3 aliphatic rings. The molecule has 3 aliphatic carbocycles. The summed E-state index contributed by atoms with van der Waals surface area (Å²) < 4.78 is 0. The van der Waals surface area contributed by atoms with Crippen molar-refractivity contribution in [3.8, 4) is 0 Å². The minimum Gasteiger partial charge on any atom is -0.0654 e. The molecule has 3 fully saturated rings. The zero-order valence-electron chi connectivity index (χ0n) is 15.2. The Morgan fingerprint density at radius 3 is 2.27 bits per heavy atom. The van der Waals surface area contributed by atoms with Crippen LogP contribution in [-0.4, -0.2) is 0 Å². The Morgan fingerprint density at radius 2 is 1.36 bits per heavy atom. The highest BCUT2D eigenvalue weighted by atomic mass is 14.5. The van der Waals surface area contributed by atoms with E-state index in [1.165, 1.54) is 38.5 Å². The number of rotatable bonds is 7. The fraction of sp³-hybridized carbons (Fsp3) is 1.00. The van der Waals surface area contributed by atoms with E-state index in [1.807, 2.05) is 0 Å². The Morgan fingerprint density at radius 1 is 0.636 bits per heavy atom. The van der Waals surface area contributed by atoms with E-state index in [9.17, 15) is 0 Å². The first kappa shape index (κ1) is 16.8. The average Bonchev–Trinajstić information content (AvgIpc) is 2.57. The molecule has 0 N–H and O–H groups in total. The van der Waals surface area contributed by atoms with Gasteiger partial charge in [-0.25, -0.2) is 0 Å².